The predicted octanol–water partition coefficient (Wildman–Crippen LogP) is 6.25. The smallest absolute Gasteiger partial charge is 0.338 e. The highest BCUT2D eigenvalue weighted by atomic mass is 35.5. The number of carbonyl (C=O) groups is 1. The second-order valence-electron chi connectivity index (χ2n) is 6.98. The van der Waals surface area contributed by atoms with Gasteiger partial charge in [-0.25, -0.2) is 4.79 Å². The van der Waals surface area contributed by atoms with E-state index in [1.54, 1.807) is 30.6 Å². The second-order valence-corrected chi connectivity index (χ2v) is 8.92. The molecule has 0 radical (unpaired) electrons. The summed E-state index contributed by atoms with van der Waals surface area (Å²) in [6.07, 6.45) is 3.36. The average molecular weight is 485 g/mol. The number of rotatable bonds is 7. The van der Waals surface area contributed by atoms with Crippen LogP contribution in [0.15, 0.2) is 83.0 Å². The highest BCUT2D eigenvalue weighted by Crippen LogP contribution is 2.43. The normalized spacial score (nSPS) is 11.0. The van der Waals surface area contributed by atoms with Gasteiger partial charge in [-0.2, -0.15) is 0 Å². The van der Waals surface area contributed by atoms with Crippen molar-refractivity contribution in [2.45, 2.75) is 23.1 Å². The van der Waals surface area contributed by atoms with Crippen molar-refractivity contribution in [2.24, 2.45) is 0 Å². The fourth-order valence-electron chi connectivity index (χ4n) is 3.55. The number of hydrogen-bond acceptors (Lipinski definition) is 4. The molecular weight excluding hydrogens is 467 g/mol. The topological polar surface area (TPSA) is 75.3 Å². The van der Waals surface area contributed by atoms with E-state index in [4.69, 9.17) is 23.2 Å². The van der Waals surface area contributed by atoms with E-state index in [0.717, 1.165) is 16.0 Å². The van der Waals surface area contributed by atoms with Crippen molar-refractivity contribution in [3.8, 4) is 11.1 Å². The molecule has 0 saturated heterocycles. The van der Waals surface area contributed by atoms with E-state index in [9.17, 15) is 15.0 Å². The van der Waals surface area contributed by atoms with E-state index >= 15 is 0 Å². The molecule has 2 aromatic carbocycles. The summed E-state index contributed by atoms with van der Waals surface area (Å²) in [7, 11) is 0. The Labute approximate surface area is 199 Å². The van der Waals surface area contributed by atoms with Crippen molar-refractivity contribution in [1.82, 2.24) is 9.55 Å². The summed E-state index contributed by atoms with van der Waals surface area (Å²) in [4.78, 5) is 17.2. The lowest BCUT2D eigenvalue weighted by Gasteiger charge is -2.14. The first-order valence-electron chi connectivity index (χ1n) is 9.65. The van der Waals surface area contributed by atoms with Crippen LogP contribution in [-0.2, 0) is 13.2 Å². The third-order valence-corrected chi connectivity index (χ3v) is 6.42. The molecule has 0 saturated carbocycles. The number of aliphatic hydroxyl groups is 1. The molecule has 0 aliphatic heterocycles. The highest BCUT2D eigenvalue weighted by Gasteiger charge is 2.28. The Morgan fingerprint density at radius 2 is 1.66 bits per heavy atom. The quantitative estimate of drug-likeness (QED) is 0.324. The molecule has 0 atom stereocenters. The summed E-state index contributed by atoms with van der Waals surface area (Å²) in [6, 6.07) is 18.2. The van der Waals surface area contributed by atoms with Crippen molar-refractivity contribution in [2.75, 3.05) is 0 Å². The van der Waals surface area contributed by atoms with Gasteiger partial charge < -0.3 is 14.8 Å². The average Bonchev–Trinajstić information content (AvgIpc) is 3.07. The van der Waals surface area contributed by atoms with Gasteiger partial charge in [0, 0.05) is 39.4 Å². The van der Waals surface area contributed by atoms with Crippen LogP contribution in [0.2, 0.25) is 10.0 Å². The molecule has 0 amide bonds. The summed E-state index contributed by atoms with van der Waals surface area (Å²) >= 11 is 13.8. The Bertz CT molecular complexity index is 1240. The Balaban J connectivity index is 1.99. The van der Waals surface area contributed by atoms with Gasteiger partial charge >= 0.3 is 5.97 Å². The summed E-state index contributed by atoms with van der Waals surface area (Å²) in [5, 5.41) is 22.0. The minimum absolute atomic E-state index is 0.0726. The summed E-state index contributed by atoms with van der Waals surface area (Å²) in [5.74, 6) is -1.10. The predicted molar refractivity (Wildman–Crippen MR) is 127 cm³/mol. The highest BCUT2D eigenvalue weighted by molar-refractivity contribution is 7.99. The van der Waals surface area contributed by atoms with Crippen LogP contribution < -0.4 is 0 Å². The van der Waals surface area contributed by atoms with Crippen LogP contribution in [0.25, 0.3) is 11.1 Å². The van der Waals surface area contributed by atoms with E-state index in [-0.39, 0.29) is 5.56 Å². The van der Waals surface area contributed by atoms with Crippen molar-refractivity contribution in [1.29, 1.82) is 0 Å². The standard InChI is InChI=1S/C24H18Cl2N2O3S/c25-17-10-18(26)12-19(11-17)32-23-21(16-4-2-1-3-5-16)22(24(30)31)20(14-29)28(23)13-15-6-8-27-9-7-15/h1-12,29H,13-14H2,(H,30,31). The van der Waals surface area contributed by atoms with Gasteiger partial charge in [-0.1, -0.05) is 65.3 Å². The minimum Gasteiger partial charge on any atom is -0.478 e. The van der Waals surface area contributed by atoms with Crippen LogP contribution in [0.4, 0.5) is 0 Å². The molecule has 4 aromatic rings. The number of benzene rings is 2. The number of nitrogens with zero attached hydrogens (tertiary/aromatic N) is 2. The fraction of sp³-hybridized carbons (Fsp3) is 0.0833. The SMILES string of the molecule is O=C(O)c1c(-c2ccccc2)c(Sc2cc(Cl)cc(Cl)c2)n(Cc2ccncc2)c1CO. The molecular formula is C24H18Cl2N2O3S. The third-order valence-electron chi connectivity index (χ3n) is 4.89. The monoisotopic (exact) mass is 484 g/mol. The van der Waals surface area contributed by atoms with Crippen LogP contribution in [0.5, 0.6) is 0 Å². The number of carboxylic acid groups (broad SMARTS) is 1. The van der Waals surface area contributed by atoms with E-state index in [2.05, 4.69) is 4.98 Å². The van der Waals surface area contributed by atoms with E-state index in [1.165, 1.54) is 11.8 Å². The van der Waals surface area contributed by atoms with Gasteiger partial charge in [0.25, 0.3) is 0 Å². The third kappa shape index (κ3) is 4.69. The zero-order valence-corrected chi connectivity index (χ0v) is 19.0. The number of aliphatic hydroxyl groups excluding tert-OH is 1. The molecule has 2 N–H and O–H groups in total. The van der Waals surface area contributed by atoms with Crippen molar-refractivity contribution in [3.05, 3.63) is 99.9 Å². The minimum atomic E-state index is -1.10. The Morgan fingerprint density at radius 3 is 2.25 bits per heavy atom. The van der Waals surface area contributed by atoms with Crippen LogP contribution >= 0.6 is 35.0 Å². The second kappa shape index (κ2) is 9.79. The Kier molecular flexibility index (Phi) is 6.86. The number of carboxylic acids is 1. The zero-order chi connectivity index (χ0) is 22.7. The van der Waals surface area contributed by atoms with Crippen molar-refractivity contribution >= 4 is 40.9 Å². The number of aromatic carboxylic acids is 1. The maximum Gasteiger partial charge on any atom is 0.338 e. The lowest BCUT2D eigenvalue weighted by molar-refractivity contribution is 0.0693. The zero-order valence-electron chi connectivity index (χ0n) is 16.7. The molecule has 2 aromatic heterocycles. The molecule has 0 spiro atoms. The maximum atomic E-state index is 12.4. The fourth-order valence-corrected chi connectivity index (χ4v) is 5.41. The maximum absolute atomic E-state index is 12.4. The first-order chi connectivity index (χ1) is 15.5. The lowest BCUT2D eigenvalue weighted by atomic mass is 10.0. The molecule has 162 valence electrons. The first kappa shape index (κ1) is 22.4. The van der Waals surface area contributed by atoms with Crippen LogP contribution in [-0.4, -0.2) is 25.7 Å². The largest absolute Gasteiger partial charge is 0.478 e. The number of pyridine rings is 1. The molecule has 4 rings (SSSR count). The molecule has 0 bridgehead atoms. The van der Waals surface area contributed by atoms with Gasteiger partial charge in [0.1, 0.15) is 0 Å². The molecule has 0 aliphatic carbocycles. The molecule has 0 unspecified atom stereocenters. The molecule has 5 nitrogen and oxygen atoms in total. The van der Waals surface area contributed by atoms with Gasteiger partial charge in [-0.3, -0.25) is 4.98 Å². The Morgan fingerprint density at radius 1 is 1.00 bits per heavy atom. The molecule has 32 heavy (non-hydrogen) atoms. The molecule has 8 heteroatoms. The van der Waals surface area contributed by atoms with Gasteiger partial charge in [0.2, 0.25) is 0 Å². The number of hydrogen-bond donors (Lipinski definition) is 2. The Hall–Kier alpha value is -2.77. The summed E-state index contributed by atoms with van der Waals surface area (Å²) < 4.78 is 1.83. The van der Waals surface area contributed by atoms with Gasteiger partial charge in [0.05, 0.1) is 22.9 Å². The van der Waals surface area contributed by atoms with E-state index in [0.29, 0.717) is 32.9 Å². The van der Waals surface area contributed by atoms with Gasteiger partial charge in [-0.05, 0) is 41.5 Å². The van der Waals surface area contributed by atoms with Gasteiger partial charge in [0.15, 0.2) is 0 Å². The van der Waals surface area contributed by atoms with Crippen molar-refractivity contribution in [3.63, 3.8) is 0 Å². The molecule has 0 aliphatic rings. The summed E-state index contributed by atoms with van der Waals surface area (Å²) in [5.41, 5.74) is 2.60. The molecule has 0 fully saturated rings. The van der Waals surface area contributed by atoms with Crippen molar-refractivity contribution < 1.29 is 15.0 Å². The van der Waals surface area contributed by atoms with Crippen LogP contribution in [0.3, 0.4) is 0 Å². The first-order valence-corrected chi connectivity index (χ1v) is 11.2. The lowest BCUT2D eigenvalue weighted by Crippen LogP contribution is -2.09. The van der Waals surface area contributed by atoms with E-state index < -0.39 is 12.6 Å². The van der Waals surface area contributed by atoms with Gasteiger partial charge in [-0.15, -0.1) is 0 Å². The number of aromatic nitrogens is 2. The number of halogens is 2. The van der Waals surface area contributed by atoms with E-state index in [1.807, 2.05) is 47.0 Å². The van der Waals surface area contributed by atoms with Crippen LogP contribution in [0.1, 0.15) is 21.6 Å². The summed E-state index contributed by atoms with van der Waals surface area (Å²) in [6.45, 7) is -0.0639. The van der Waals surface area contributed by atoms with Crippen LogP contribution in [0, 0.1) is 0 Å². The molecule has 2 heterocycles.